The molecule has 0 rings (SSSR count). The molecule has 0 aromatic carbocycles. The maximum Gasteiger partial charge on any atom is 0 e. The number of rotatable bonds is 1. The van der Waals surface area contributed by atoms with E-state index in [1.807, 2.05) is 0 Å². The van der Waals surface area contributed by atoms with Crippen molar-refractivity contribution < 1.29 is 38.9 Å². The molecule has 0 aliphatic heterocycles. The number of hydrogen-bond donors (Lipinski definition) is 0. The van der Waals surface area contributed by atoms with Gasteiger partial charge < -0.3 is 4.79 Å². The van der Waals surface area contributed by atoms with Crippen LogP contribution in [0.4, 0.5) is 0 Å². The molecule has 0 saturated heterocycles. The van der Waals surface area contributed by atoms with Crippen molar-refractivity contribution in [2.45, 2.75) is 0 Å². The zero-order chi connectivity index (χ0) is 3.41. The molecule has 0 atom stereocenters. The van der Waals surface area contributed by atoms with E-state index in [1.54, 1.807) is 0 Å². The minimum atomic E-state index is 0. The van der Waals surface area contributed by atoms with Gasteiger partial charge in [0.1, 0.15) is 0 Å². The van der Waals surface area contributed by atoms with Crippen LogP contribution in [0.2, 0.25) is 0 Å². The molecule has 0 spiro atoms. The summed E-state index contributed by atoms with van der Waals surface area (Å²) in [6.45, 7) is 3.06. The van der Waals surface area contributed by atoms with Crippen molar-refractivity contribution in [3.05, 3.63) is 12.7 Å². The molecule has 0 aromatic rings. The maximum absolute atomic E-state index is 8.93. The van der Waals surface area contributed by atoms with Gasteiger partial charge in [0.2, 0.25) is 0 Å². The van der Waals surface area contributed by atoms with E-state index in [9.17, 15) is 0 Å². The second-order valence-electron chi connectivity index (χ2n) is 0.322. The van der Waals surface area contributed by atoms with Crippen LogP contribution < -0.4 is 0 Å². The van der Waals surface area contributed by atoms with Gasteiger partial charge in [-0.25, -0.2) is 12.7 Å². The normalized spacial score (nSPS) is 2.86. The van der Waals surface area contributed by atoms with Gasteiger partial charge in [-0.15, -0.1) is 0 Å². The third-order valence-corrected chi connectivity index (χ3v) is 0.0833. The summed E-state index contributed by atoms with van der Waals surface area (Å²) in [6, 6.07) is 0. The molecule has 0 fully saturated rings. The van der Waals surface area contributed by atoms with E-state index in [0.717, 1.165) is 6.08 Å². The Morgan fingerprint density at radius 1 is 1.43 bits per heavy atom. The van der Waals surface area contributed by atoms with E-state index in [0.29, 0.717) is 0 Å². The molecule has 0 N–H and O–H groups in total. The quantitative estimate of drug-likeness (QED) is 0.323. The zero-order valence-electron chi connectivity index (χ0n) is 3.48. The monoisotopic (exact) mass is 194 g/mol. The molecule has 3 radical (unpaired) electrons. The fraction of sp³-hybridized carbons (Fsp3) is 0. The van der Waals surface area contributed by atoms with Gasteiger partial charge in [-0.05, 0) is 6.29 Å². The third kappa shape index (κ3) is 44.1. The molecule has 0 saturated carbocycles. The Balaban J connectivity index is -0.0000000150. The summed E-state index contributed by atoms with van der Waals surface area (Å²) in [5.41, 5.74) is 0. The number of allylic oxidation sites excluding steroid dienone is 1. The molecule has 7 heavy (non-hydrogen) atoms. The molecule has 0 unspecified atom stereocenters. The molecule has 0 amide bonds. The van der Waals surface area contributed by atoms with Crippen LogP contribution in [0.25, 0.3) is 0 Å². The molecule has 0 aromatic heterocycles. The summed E-state index contributed by atoms with van der Waals surface area (Å²) in [5, 5.41) is 0. The van der Waals surface area contributed by atoms with E-state index < -0.39 is 0 Å². The van der Waals surface area contributed by atoms with Crippen molar-refractivity contribution >= 4 is 23.6 Å². The van der Waals surface area contributed by atoms with Crippen LogP contribution in [0.1, 0.15) is 0 Å². The molecule has 0 aliphatic carbocycles. The predicted octanol–water partition coefficient (Wildman–Crippen LogP) is -0.104. The fourth-order valence-corrected chi connectivity index (χ4v) is 0. The smallest absolute Gasteiger partial charge is 0 e. The largest absolute Gasteiger partial charge is 0.419 e. The molecule has 0 bridgehead atoms. The van der Waals surface area contributed by atoms with E-state index in [1.165, 1.54) is 6.29 Å². The topological polar surface area (TPSA) is 17.1 Å². The fourth-order valence-electron chi connectivity index (χ4n) is 0. The van der Waals surface area contributed by atoms with Gasteiger partial charge in [-0.3, -0.25) is 0 Å². The van der Waals surface area contributed by atoms with Crippen LogP contribution in [0, 0.1) is 0 Å². The second kappa shape index (κ2) is 28.1. The van der Waals surface area contributed by atoms with Gasteiger partial charge in [0.05, 0.1) is 0 Å². The molecular formula is C3H3AlFe2O-. The van der Waals surface area contributed by atoms with Gasteiger partial charge in [0.15, 0.2) is 0 Å². The van der Waals surface area contributed by atoms with E-state index in [-0.39, 0.29) is 51.5 Å². The van der Waals surface area contributed by atoms with Crippen molar-refractivity contribution in [1.29, 1.82) is 0 Å². The Hall–Kier alpha value is 0.981. The number of carbonyl (C=O) groups excluding carboxylic acids is 1. The van der Waals surface area contributed by atoms with Crippen LogP contribution >= 0.6 is 0 Å². The van der Waals surface area contributed by atoms with Gasteiger partial charge in [-0.2, -0.15) is 0 Å². The summed E-state index contributed by atoms with van der Waals surface area (Å²) in [7, 11) is 0. The average Bonchev–Trinajstić information content (AvgIpc) is 1.37. The second-order valence-corrected chi connectivity index (χ2v) is 0.322. The van der Waals surface area contributed by atoms with Crippen LogP contribution in [0.3, 0.4) is 0 Å². The first-order valence-electron chi connectivity index (χ1n) is 0.901. The van der Waals surface area contributed by atoms with E-state index >= 15 is 0 Å². The van der Waals surface area contributed by atoms with Crippen molar-refractivity contribution in [2.24, 2.45) is 0 Å². The summed E-state index contributed by atoms with van der Waals surface area (Å²) in [6.07, 6.45) is 2.51. The van der Waals surface area contributed by atoms with E-state index in [4.69, 9.17) is 4.79 Å². The Kier molecular flexibility index (Phi) is 98.5. The molecule has 0 aliphatic rings. The molecule has 41 valence electrons. The predicted molar refractivity (Wildman–Crippen MR) is 21.6 cm³/mol. The van der Waals surface area contributed by atoms with Crippen LogP contribution in [0.15, 0.2) is 12.7 Å². The Morgan fingerprint density at radius 2 is 1.57 bits per heavy atom. The zero-order valence-corrected chi connectivity index (χ0v) is 6.84. The first-order valence-corrected chi connectivity index (χ1v) is 0.901. The molecular weight excluding hydrogens is 191 g/mol. The summed E-state index contributed by atoms with van der Waals surface area (Å²) in [5.74, 6) is 0. The Labute approximate surface area is 75.0 Å². The van der Waals surface area contributed by atoms with Gasteiger partial charge in [0.25, 0.3) is 0 Å². The third-order valence-electron chi connectivity index (χ3n) is 0.0833. The number of hydrogen-bond acceptors (Lipinski definition) is 1. The minimum absolute atomic E-state index is 0. The molecule has 0 heterocycles. The van der Waals surface area contributed by atoms with E-state index in [2.05, 4.69) is 6.58 Å². The summed E-state index contributed by atoms with van der Waals surface area (Å²) >= 11 is 0. The maximum atomic E-state index is 8.93. The molecule has 1 nitrogen and oxygen atoms in total. The Bertz CT molecular complexity index is 33.9. The minimum Gasteiger partial charge on any atom is -0.419 e. The summed E-state index contributed by atoms with van der Waals surface area (Å²) in [4.78, 5) is 8.93. The Morgan fingerprint density at radius 3 is 1.57 bits per heavy atom. The summed E-state index contributed by atoms with van der Waals surface area (Å²) < 4.78 is 0. The first-order chi connectivity index (χ1) is 1.91. The average molecular weight is 194 g/mol. The standard InChI is InChI=1S/C3H3O.Al.2Fe/c1-2-3-4;;;/h2H,1H2;;;/q-1;;;. The van der Waals surface area contributed by atoms with Crippen LogP contribution in [-0.2, 0) is 38.9 Å². The van der Waals surface area contributed by atoms with Crippen molar-refractivity contribution in [1.82, 2.24) is 0 Å². The van der Waals surface area contributed by atoms with Crippen molar-refractivity contribution in [2.75, 3.05) is 0 Å². The van der Waals surface area contributed by atoms with Gasteiger partial charge in [-0.1, -0.05) is 0 Å². The van der Waals surface area contributed by atoms with Crippen molar-refractivity contribution in [3.63, 3.8) is 0 Å². The van der Waals surface area contributed by atoms with Crippen LogP contribution in [0.5, 0.6) is 0 Å². The molecule has 4 heteroatoms. The van der Waals surface area contributed by atoms with Gasteiger partial charge >= 0.3 is 0 Å². The SMILES string of the molecule is C=C[C-]=O.[Al].[Fe].[Fe]. The first kappa shape index (κ1) is 24.5. The van der Waals surface area contributed by atoms with Crippen LogP contribution in [-0.4, -0.2) is 23.6 Å². The van der Waals surface area contributed by atoms with Gasteiger partial charge in [0, 0.05) is 51.5 Å². The van der Waals surface area contributed by atoms with Crippen molar-refractivity contribution in [3.8, 4) is 0 Å².